The maximum Gasteiger partial charge on any atom is 0.244 e. The van der Waals surface area contributed by atoms with Crippen LogP contribution in [-0.2, 0) is 21.4 Å². The minimum atomic E-state index is -3.57. The van der Waals surface area contributed by atoms with Crippen molar-refractivity contribution in [1.29, 1.82) is 0 Å². The van der Waals surface area contributed by atoms with E-state index in [0.717, 1.165) is 5.56 Å². The lowest BCUT2D eigenvalue weighted by Gasteiger charge is -2.36. The lowest BCUT2D eigenvalue weighted by molar-refractivity contribution is -0.126. The Morgan fingerprint density at radius 2 is 1.84 bits per heavy atom. The SMILES string of the molecule is COc1ccc(CNC(=O)C(C)N2CCN(S(=O)(=O)c3cccnc3)CC2)cc1OC. The Balaban J connectivity index is 1.53. The summed E-state index contributed by atoms with van der Waals surface area (Å²) in [5.41, 5.74) is 0.894. The van der Waals surface area contributed by atoms with Crippen molar-refractivity contribution in [2.45, 2.75) is 24.4 Å². The number of rotatable bonds is 8. The van der Waals surface area contributed by atoms with Gasteiger partial charge in [-0.25, -0.2) is 8.42 Å². The van der Waals surface area contributed by atoms with Crippen LogP contribution in [0.5, 0.6) is 11.5 Å². The van der Waals surface area contributed by atoms with Gasteiger partial charge < -0.3 is 14.8 Å². The fourth-order valence-electron chi connectivity index (χ4n) is 3.47. The van der Waals surface area contributed by atoms with E-state index in [1.165, 1.54) is 10.5 Å². The largest absolute Gasteiger partial charge is 0.493 e. The number of benzene rings is 1. The van der Waals surface area contributed by atoms with Crippen LogP contribution in [0.1, 0.15) is 12.5 Å². The highest BCUT2D eigenvalue weighted by Gasteiger charge is 2.31. The number of ether oxygens (including phenoxy) is 2. The Morgan fingerprint density at radius 1 is 1.13 bits per heavy atom. The summed E-state index contributed by atoms with van der Waals surface area (Å²) < 4.78 is 37.4. The molecule has 1 amide bonds. The molecule has 2 aromatic rings. The molecule has 0 spiro atoms. The van der Waals surface area contributed by atoms with Gasteiger partial charge in [0.05, 0.1) is 20.3 Å². The van der Waals surface area contributed by atoms with Gasteiger partial charge in [0.2, 0.25) is 15.9 Å². The Morgan fingerprint density at radius 3 is 2.45 bits per heavy atom. The van der Waals surface area contributed by atoms with Crippen LogP contribution in [0.4, 0.5) is 0 Å². The normalized spacial score (nSPS) is 16.5. The van der Waals surface area contributed by atoms with Gasteiger partial charge in [-0.3, -0.25) is 14.7 Å². The number of pyridine rings is 1. The minimum Gasteiger partial charge on any atom is -0.493 e. The summed E-state index contributed by atoms with van der Waals surface area (Å²) in [6, 6.07) is 8.27. The van der Waals surface area contributed by atoms with Crippen molar-refractivity contribution < 1.29 is 22.7 Å². The highest BCUT2D eigenvalue weighted by Crippen LogP contribution is 2.27. The Hall–Kier alpha value is -2.69. The Labute approximate surface area is 183 Å². The van der Waals surface area contributed by atoms with Crippen LogP contribution in [0.2, 0.25) is 0 Å². The van der Waals surface area contributed by atoms with Gasteiger partial charge >= 0.3 is 0 Å². The molecule has 1 fully saturated rings. The maximum absolute atomic E-state index is 12.7. The van der Waals surface area contributed by atoms with Crippen LogP contribution < -0.4 is 14.8 Å². The molecule has 1 unspecified atom stereocenters. The second-order valence-corrected chi connectivity index (χ2v) is 9.15. The van der Waals surface area contributed by atoms with E-state index < -0.39 is 10.0 Å². The number of piperazine rings is 1. The molecular formula is C21H28N4O5S. The second kappa shape index (κ2) is 10.1. The monoisotopic (exact) mass is 448 g/mol. The average molecular weight is 449 g/mol. The minimum absolute atomic E-state index is 0.113. The zero-order valence-corrected chi connectivity index (χ0v) is 18.8. The van der Waals surface area contributed by atoms with Gasteiger partial charge in [0, 0.05) is 45.1 Å². The summed E-state index contributed by atoms with van der Waals surface area (Å²) >= 11 is 0. The number of carbonyl (C=O) groups excluding carboxylic acids is 1. The van der Waals surface area contributed by atoms with Crippen LogP contribution in [0.15, 0.2) is 47.6 Å². The molecule has 0 bridgehead atoms. The number of hydrogen-bond acceptors (Lipinski definition) is 7. The molecule has 31 heavy (non-hydrogen) atoms. The van der Waals surface area contributed by atoms with Crippen molar-refractivity contribution in [2.75, 3.05) is 40.4 Å². The first kappa shape index (κ1) is 23.0. The van der Waals surface area contributed by atoms with E-state index in [0.29, 0.717) is 44.2 Å². The summed E-state index contributed by atoms with van der Waals surface area (Å²) in [5.74, 6) is 1.12. The Kier molecular flexibility index (Phi) is 7.47. The van der Waals surface area contributed by atoms with Crippen molar-refractivity contribution in [3.8, 4) is 11.5 Å². The van der Waals surface area contributed by atoms with Crippen LogP contribution >= 0.6 is 0 Å². The number of nitrogens with one attached hydrogen (secondary N) is 1. The highest BCUT2D eigenvalue weighted by atomic mass is 32.2. The molecule has 0 aliphatic carbocycles. The van der Waals surface area contributed by atoms with E-state index in [1.54, 1.807) is 38.6 Å². The molecule has 1 aromatic heterocycles. The molecule has 9 nitrogen and oxygen atoms in total. The van der Waals surface area contributed by atoms with Crippen LogP contribution in [0.3, 0.4) is 0 Å². The summed E-state index contributed by atoms with van der Waals surface area (Å²) in [7, 11) is -0.431. The lowest BCUT2D eigenvalue weighted by atomic mass is 10.2. The summed E-state index contributed by atoms with van der Waals surface area (Å²) in [6.07, 6.45) is 2.89. The number of sulfonamides is 1. The number of aromatic nitrogens is 1. The summed E-state index contributed by atoms with van der Waals surface area (Å²) in [6.45, 7) is 3.79. The molecule has 0 radical (unpaired) electrons. The molecule has 168 valence electrons. The maximum atomic E-state index is 12.7. The van der Waals surface area contributed by atoms with Gasteiger partial charge in [0.25, 0.3) is 0 Å². The molecule has 10 heteroatoms. The van der Waals surface area contributed by atoms with Crippen molar-refractivity contribution in [3.05, 3.63) is 48.3 Å². The zero-order chi connectivity index (χ0) is 22.4. The van der Waals surface area contributed by atoms with Gasteiger partial charge in [-0.1, -0.05) is 6.07 Å². The van der Waals surface area contributed by atoms with Crippen molar-refractivity contribution >= 4 is 15.9 Å². The number of nitrogens with zero attached hydrogens (tertiary/aromatic N) is 3. The van der Waals surface area contributed by atoms with Crippen molar-refractivity contribution in [1.82, 2.24) is 19.5 Å². The molecule has 3 rings (SSSR count). The van der Waals surface area contributed by atoms with E-state index in [2.05, 4.69) is 10.3 Å². The van der Waals surface area contributed by atoms with E-state index >= 15 is 0 Å². The number of hydrogen-bond donors (Lipinski definition) is 1. The van der Waals surface area contributed by atoms with E-state index in [9.17, 15) is 13.2 Å². The lowest BCUT2D eigenvalue weighted by Crippen LogP contribution is -2.54. The standard InChI is InChI=1S/C21H28N4O5S/c1-16(21(26)23-14-17-6-7-19(29-2)20(13-17)30-3)24-9-11-25(12-10-24)31(27,28)18-5-4-8-22-15-18/h4-8,13,15-16H,9-12,14H2,1-3H3,(H,23,26). The fraction of sp³-hybridized carbons (Fsp3) is 0.429. The molecule has 0 saturated carbocycles. The summed E-state index contributed by atoms with van der Waals surface area (Å²) in [4.78, 5) is 18.7. The molecule has 2 heterocycles. The quantitative estimate of drug-likeness (QED) is 0.646. The van der Waals surface area contributed by atoms with Gasteiger partial charge in [-0.2, -0.15) is 4.31 Å². The molecule has 1 aliphatic heterocycles. The molecule has 1 N–H and O–H groups in total. The first-order valence-electron chi connectivity index (χ1n) is 9.99. The number of methoxy groups -OCH3 is 2. The smallest absolute Gasteiger partial charge is 0.244 e. The predicted molar refractivity (Wildman–Crippen MR) is 115 cm³/mol. The number of carbonyl (C=O) groups is 1. The molecule has 1 saturated heterocycles. The van der Waals surface area contributed by atoms with Gasteiger partial charge in [-0.05, 0) is 36.8 Å². The molecule has 1 aliphatic rings. The second-order valence-electron chi connectivity index (χ2n) is 7.21. The highest BCUT2D eigenvalue weighted by molar-refractivity contribution is 7.89. The van der Waals surface area contributed by atoms with Crippen LogP contribution in [-0.4, -0.2) is 75.0 Å². The van der Waals surface area contributed by atoms with Crippen molar-refractivity contribution in [3.63, 3.8) is 0 Å². The molecular weight excluding hydrogens is 420 g/mol. The molecule has 1 aromatic carbocycles. The van der Waals surface area contributed by atoms with Gasteiger partial charge in [0.15, 0.2) is 11.5 Å². The van der Waals surface area contributed by atoms with Gasteiger partial charge in [-0.15, -0.1) is 0 Å². The average Bonchev–Trinajstić information content (AvgIpc) is 2.82. The van der Waals surface area contributed by atoms with Crippen LogP contribution in [0, 0.1) is 0 Å². The van der Waals surface area contributed by atoms with Crippen molar-refractivity contribution in [2.24, 2.45) is 0 Å². The first-order valence-corrected chi connectivity index (χ1v) is 11.4. The zero-order valence-electron chi connectivity index (χ0n) is 17.9. The van der Waals surface area contributed by atoms with E-state index in [4.69, 9.17) is 9.47 Å². The first-order chi connectivity index (χ1) is 14.9. The van der Waals surface area contributed by atoms with Crippen LogP contribution in [0.25, 0.3) is 0 Å². The van der Waals surface area contributed by atoms with E-state index in [1.807, 2.05) is 24.0 Å². The van der Waals surface area contributed by atoms with Gasteiger partial charge in [0.1, 0.15) is 4.90 Å². The third-order valence-corrected chi connectivity index (χ3v) is 7.27. The Bertz CT molecular complexity index is 992. The number of amides is 1. The molecule has 1 atom stereocenters. The third-order valence-electron chi connectivity index (χ3n) is 5.39. The third kappa shape index (κ3) is 5.33. The topological polar surface area (TPSA) is 101 Å². The fourth-order valence-corrected chi connectivity index (χ4v) is 4.86. The summed E-state index contributed by atoms with van der Waals surface area (Å²) in [5, 5.41) is 2.94. The predicted octanol–water partition coefficient (Wildman–Crippen LogP) is 1.11. The van der Waals surface area contributed by atoms with E-state index in [-0.39, 0.29) is 16.8 Å².